The van der Waals surface area contributed by atoms with Crippen molar-refractivity contribution >= 4 is 11.8 Å². The molecule has 0 aliphatic carbocycles. The molecule has 0 aliphatic rings. The van der Waals surface area contributed by atoms with Gasteiger partial charge in [-0.15, -0.1) is 0 Å². The van der Waals surface area contributed by atoms with Crippen molar-refractivity contribution in [1.82, 2.24) is 0 Å². The van der Waals surface area contributed by atoms with E-state index in [1.165, 1.54) is 11.1 Å². The van der Waals surface area contributed by atoms with Gasteiger partial charge in [-0.1, -0.05) is 29.8 Å². The second kappa shape index (κ2) is 6.88. The highest BCUT2D eigenvalue weighted by molar-refractivity contribution is 7.98. The molecule has 0 spiro atoms. The zero-order valence-corrected chi connectivity index (χ0v) is 10.3. The van der Waals surface area contributed by atoms with E-state index in [0.29, 0.717) is 0 Å². The minimum absolute atomic E-state index is 0.0974. The normalized spacial score (nSPS) is 10.9. The third-order valence-electron chi connectivity index (χ3n) is 2.13. The Morgan fingerprint density at radius 1 is 1.27 bits per heavy atom. The molecule has 0 saturated heterocycles. The molecule has 0 aliphatic heterocycles. The quantitative estimate of drug-likeness (QED) is 0.695. The highest BCUT2D eigenvalue weighted by Gasteiger charge is 2.04. The van der Waals surface area contributed by atoms with E-state index >= 15 is 0 Å². The van der Waals surface area contributed by atoms with Crippen molar-refractivity contribution in [2.24, 2.45) is 0 Å². The zero-order chi connectivity index (χ0) is 11.1. The van der Waals surface area contributed by atoms with Gasteiger partial charge in [-0.05, 0) is 12.5 Å². The van der Waals surface area contributed by atoms with E-state index < -0.39 is 0 Å². The van der Waals surface area contributed by atoms with Gasteiger partial charge in [0.05, 0.1) is 0 Å². The number of hydrogen-bond donors (Lipinski definition) is 0. The van der Waals surface area contributed by atoms with Gasteiger partial charge in [-0.2, -0.15) is 11.8 Å². The molecule has 0 bridgehead atoms. The van der Waals surface area contributed by atoms with E-state index in [-0.39, 0.29) is 6.29 Å². The highest BCUT2D eigenvalue weighted by atomic mass is 32.2. The number of ether oxygens (including phenoxy) is 2. The summed E-state index contributed by atoms with van der Waals surface area (Å²) in [5.41, 5.74) is 2.66. The Labute approximate surface area is 96.0 Å². The molecule has 2 nitrogen and oxygen atoms in total. The van der Waals surface area contributed by atoms with Crippen LogP contribution in [0.2, 0.25) is 0 Å². The van der Waals surface area contributed by atoms with Crippen molar-refractivity contribution in [1.29, 1.82) is 0 Å². The van der Waals surface area contributed by atoms with Crippen LogP contribution < -0.4 is 0 Å². The van der Waals surface area contributed by atoms with E-state index in [0.717, 1.165) is 11.5 Å². The molecule has 1 aromatic carbocycles. The highest BCUT2D eigenvalue weighted by Crippen LogP contribution is 2.15. The van der Waals surface area contributed by atoms with Crippen LogP contribution in [0.5, 0.6) is 0 Å². The maximum absolute atomic E-state index is 5.12. The van der Waals surface area contributed by atoms with E-state index in [1.54, 1.807) is 14.2 Å². The molecular weight excluding hydrogens is 208 g/mol. The first kappa shape index (κ1) is 12.6. The Hall–Kier alpha value is -0.510. The molecule has 1 rings (SSSR count). The number of rotatable bonds is 6. The van der Waals surface area contributed by atoms with Gasteiger partial charge in [0.25, 0.3) is 0 Å². The van der Waals surface area contributed by atoms with E-state index in [1.807, 2.05) is 11.8 Å². The fourth-order valence-corrected chi connectivity index (χ4v) is 2.30. The first-order valence-corrected chi connectivity index (χ1v) is 6.10. The summed E-state index contributed by atoms with van der Waals surface area (Å²) in [4.78, 5) is 0. The maximum Gasteiger partial charge on any atom is 0.165 e. The minimum atomic E-state index is -0.0974. The average molecular weight is 226 g/mol. The molecule has 0 fully saturated rings. The molecule has 0 amide bonds. The SMILES string of the molecule is COC(CSCc1cccc(C)c1)OC. The fourth-order valence-electron chi connectivity index (χ4n) is 1.31. The van der Waals surface area contributed by atoms with Crippen LogP contribution in [0.25, 0.3) is 0 Å². The van der Waals surface area contributed by atoms with E-state index in [2.05, 4.69) is 31.2 Å². The van der Waals surface area contributed by atoms with Crippen LogP contribution in [0.4, 0.5) is 0 Å². The summed E-state index contributed by atoms with van der Waals surface area (Å²) in [7, 11) is 3.34. The van der Waals surface area contributed by atoms with Crippen molar-refractivity contribution in [2.45, 2.75) is 19.0 Å². The van der Waals surface area contributed by atoms with Crippen molar-refractivity contribution in [3.63, 3.8) is 0 Å². The van der Waals surface area contributed by atoms with Crippen molar-refractivity contribution in [3.05, 3.63) is 35.4 Å². The van der Waals surface area contributed by atoms with Crippen LogP contribution in [0, 0.1) is 6.92 Å². The second-order valence-corrected chi connectivity index (χ2v) is 4.44. The van der Waals surface area contributed by atoms with Gasteiger partial charge >= 0.3 is 0 Å². The number of methoxy groups -OCH3 is 2. The molecule has 15 heavy (non-hydrogen) atoms. The molecule has 0 radical (unpaired) electrons. The predicted molar refractivity (Wildman–Crippen MR) is 65.1 cm³/mol. The van der Waals surface area contributed by atoms with Crippen LogP contribution in [0.15, 0.2) is 24.3 Å². The number of hydrogen-bond acceptors (Lipinski definition) is 3. The summed E-state index contributed by atoms with van der Waals surface area (Å²) in [6.45, 7) is 2.11. The Morgan fingerprint density at radius 2 is 2.00 bits per heavy atom. The third kappa shape index (κ3) is 4.69. The molecule has 0 aromatic heterocycles. The molecule has 0 unspecified atom stereocenters. The Kier molecular flexibility index (Phi) is 5.76. The van der Waals surface area contributed by atoms with Crippen LogP contribution in [0.3, 0.4) is 0 Å². The van der Waals surface area contributed by atoms with Crippen molar-refractivity contribution in [3.8, 4) is 0 Å². The monoisotopic (exact) mass is 226 g/mol. The molecule has 3 heteroatoms. The summed E-state index contributed by atoms with van der Waals surface area (Å²) in [5.74, 6) is 1.87. The molecule has 0 atom stereocenters. The molecule has 0 saturated carbocycles. The number of thioether (sulfide) groups is 1. The smallest absolute Gasteiger partial charge is 0.165 e. The third-order valence-corrected chi connectivity index (χ3v) is 3.18. The predicted octanol–water partition coefficient (Wildman–Crippen LogP) is 2.85. The van der Waals surface area contributed by atoms with Gasteiger partial charge in [-0.3, -0.25) is 0 Å². The summed E-state index contributed by atoms with van der Waals surface area (Å²) in [6.07, 6.45) is -0.0974. The van der Waals surface area contributed by atoms with Crippen LogP contribution in [-0.4, -0.2) is 26.3 Å². The molecule has 84 valence electrons. The average Bonchev–Trinajstić information content (AvgIpc) is 2.25. The summed E-state index contributed by atoms with van der Waals surface area (Å²) in [5, 5.41) is 0. The Bertz CT molecular complexity index is 285. The fraction of sp³-hybridized carbons (Fsp3) is 0.500. The number of aryl methyl sites for hydroxylation is 1. The van der Waals surface area contributed by atoms with Gasteiger partial charge in [0.2, 0.25) is 0 Å². The lowest BCUT2D eigenvalue weighted by Gasteiger charge is -2.12. The van der Waals surface area contributed by atoms with E-state index in [4.69, 9.17) is 9.47 Å². The number of benzene rings is 1. The van der Waals surface area contributed by atoms with Crippen LogP contribution >= 0.6 is 11.8 Å². The van der Waals surface area contributed by atoms with Crippen molar-refractivity contribution in [2.75, 3.05) is 20.0 Å². The van der Waals surface area contributed by atoms with Gasteiger partial charge in [0.1, 0.15) is 0 Å². The zero-order valence-electron chi connectivity index (χ0n) is 9.53. The van der Waals surface area contributed by atoms with Crippen LogP contribution in [0.1, 0.15) is 11.1 Å². The lowest BCUT2D eigenvalue weighted by Crippen LogP contribution is -2.15. The maximum atomic E-state index is 5.12. The van der Waals surface area contributed by atoms with Gasteiger partial charge < -0.3 is 9.47 Å². The van der Waals surface area contributed by atoms with Gasteiger partial charge in [0.15, 0.2) is 6.29 Å². The molecule has 1 aromatic rings. The summed E-state index contributed by atoms with van der Waals surface area (Å²) in [6, 6.07) is 8.56. The van der Waals surface area contributed by atoms with Crippen molar-refractivity contribution < 1.29 is 9.47 Å². The minimum Gasteiger partial charge on any atom is -0.355 e. The second-order valence-electron chi connectivity index (χ2n) is 3.41. The standard InChI is InChI=1S/C12H18O2S/c1-10-5-4-6-11(7-10)8-15-9-12(13-2)14-3/h4-7,12H,8-9H2,1-3H3. The first-order chi connectivity index (χ1) is 7.26. The van der Waals surface area contributed by atoms with Crippen LogP contribution in [-0.2, 0) is 15.2 Å². The molecular formula is C12H18O2S. The topological polar surface area (TPSA) is 18.5 Å². The molecule has 0 N–H and O–H groups in total. The van der Waals surface area contributed by atoms with E-state index in [9.17, 15) is 0 Å². The summed E-state index contributed by atoms with van der Waals surface area (Å²) >= 11 is 1.82. The lowest BCUT2D eigenvalue weighted by molar-refractivity contribution is -0.0842. The largest absolute Gasteiger partial charge is 0.355 e. The summed E-state index contributed by atoms with van der Waals surface area (Å²) < 4.78 is 10.2. The van der Waals surface area contributed by atoms with Gasteiger partial charge in [0, 0.05) is 25.7 Å². The Balaban J connectivity index is 2.31. The van der Waals surface area contributed by atoms with Gasteiger partial charge in [-0.25, -0.2) is 0 Å². The lowest BCUT2D eigenvalue weighted by atomic mass is 10.2. The molecule has 0 heterocycles. The first-order valence-electron chi connectivity index (χ1n) is 4.95. The Morgan fingerprint density at radius 3 is 2.60 bits per heavy atom.